The van der Waals surface area contributed by atoms with Crippen molar-refractivity contribution in [2.45, 2.75) is 6.92 Å². The first-order valence-corrected chi connectivity index (χ1v) is 5.78. The van der Waals surface area contributed by atoms with Crippen LogP contribution >= 0.6 is 0 Å². The molecule has 2 heterocycles. The van der Waals surface area contributed by atoms with Crippen LogP contribution in [0.1, 0.15) is 5.82 Å². The Morgan fingerprint density at radius 3 is 2.84 bits per heavy atom. The van der Waals surface area contributed by atoms with Gasteiger partial charge in [0.05, 0.1) is 12.8 Å². The molecule has 3 rings (SSSR count). The molecule has 0 amide bonds. The van der Waals surface area contributed by atoms with Crippen LogP contribution in [0.2, 0.25) is 0 Å². The predicted molar refractivity (Wildman–Crippen MR) is 69.9 cm³/mol. The van der Waals surface area contributed by atoms with Crippen molar-refractivity contribution >= 4 is 5.65 Å². The molecule has 2 aromatic heterocycles. The molecule has 6 heteroatoms. The van der Waals surface area contributed by atoms with E-state index in [1.165, 1.54) is 4.57 Å². The fourth-order valence-electron chi connectivity index (χ4n) is 1.97. The van der Waals surface area contributed by atoms with Crippen LogP contribution in [0.4, 0.5) is 0 Å². The Balaban J connectivity index is 2.25. The van der Waals surface area contributed by atoms with Gasteiger partial charge in [-0.2, -0.15) is 0 Å². The Hall–Kier alpha value is -2.63. The number of hydrogen-bond acceptors (Lipinski definition) is 4. The molecule has 0 atom stereocenters. The number of hydrogen-bond donors (Lipinski definition) is 0. The summed E-state index contributed by atoms with van der Waals surface area (Å²) in [5.74, 6) is 1.38. The number of nitrogens with zero attached hydrogens (tertiary/aromatic N) is 4. The maximum Gasteiger partial charge on any atom is 0.300 e. The van der Waals surface area contributed by atoms with Gasteiger partial charge in [-0.25, -0.2) is 0 Å². The van der Waals surface area contributed by atoms with Crippen molar-refractivity contribution < 1.29 is 4.74 Å². The molecule has 96 valence electrons. The van der Waals surface area contributed by atoms with Crippen LogP contribution in [-0.4, -0.2) is 26.3 Å². The standard InChI is InChI=1S/C13H12N4O2/c1-9-14-15-12-13(18)17(7-6-16(9)12)10-4-3-5-11(8-10)19-2/h3-8H,1-2H3. The number of ether oxygens (including phenoxy) is 1. The second-order valence-corrected chi connectivity index (χ2v) is 4.12. The summed E-state index contributed by atoms with van der Waals surface area (Å²) in [6.45, 7) is 1.80. The molecule has 0 bridgehead atoms. The molecule has 19 heavy (non-hydrogen) atoms. The first-order chi connectivity index (χ1) is 9.20. The topological polar surface area (TPSA) is 61.4 Å². The fraction of sp³-hybridized carbons (Fsp3) is 0.154. The minimum atomic E-state index is -0.212. The third-order valence-corrected chi connectivity index (χ3v) is 2.97. The number of aryl methyl sites for hydroxylation is 1. The SMILES string of the molecule is COc1cccc(-n2ccn3c(C)nnc3c2=O)c1. The normalized spacial score (nSPS) is 10.8. The van der Waals surface area contributed by atoms with Gasteiger partial charge in [-0.05, 0) is 19.1 Å². The van der Waals surface area contributed by atoms with Gasteiger partial charge in [0, 0.05) is 18.5 Å². The van der Waals surface area contributed by atoms with Crippen LogP contribution < -0.4 is 10.3 Å². The molecule has 0 unspecified atom stereocenters. The highest BCUT2D eigenvalue weighted by Gasteiger charge is 2.09. The van der Waals surface area contributed by atoms with Gasteiger partial charge in [0.15, 0.2) is 0 Å². The van der Waals surface area contributed by atoms with E-state index < -0.39 is 0 Å². The van der Waals surface area contributed by atoms with Gasteiger partial charge < -0.3 is 4.74 Å². The van der Waals surface area contributed by atoms with Gasteiger partial charge in [-0.3, -0.25) is 13.8 Å². The highest BCUT2D eigenvalue weighted by atomic mass is 16.5. The Bertz CT molecular complexity index is 804. The molecule has 0 spiro atoms. The number of benzene rings is 1. The Kier molecular flexibility index (Phi) is 2.56. The summed E-state index contributed by atoms with van der Waals surface area (Å²) >= 11 is 0. The summed E-state index contributed by atoms with van der Waals surface area (Å²) in [5.41, 5.74) is 0.826. The average Bonchev–Trinajstić information content (AvgIpc) is 2.82. The third-order valence-electron chi connectivity index (χ3n) is 2.97. The van der Waals surface area contributed by atoms with Crippen molar-refractivity contribution in [2.75, 3.05) is 7.11 Å². The Morgan fingerprint density at radius 2 is 2.05 bits per heavy atom. The lowest BCUT2D eigenvalue weighted by atomic mass is 10.3. The number of methoxy groups -OCH3 is 1. The van der Waals surface area contributed by atoms with Gasteiger partial charge in [0.25, 0.3) is 0 Å². The number of aromatic nitrogens is 4. The largest absolute Gasteiger partial charge is 0.497 e. The van der Waals surface area contributed by atoms with Crippen LogP contribution in [-0.2, 0) is 0 Å². The van der Waals surface area contributed by atoms with Crippen molar-refractivity contribution in [2.24, 2.45) is 0 Å². The predicted octanol–water partition coefficient (Wildman–Crippen LogP) is 1.20. The fourth-order valence-corrected chi connectivity index (χ4v) is 1.97. The molecule has 0 fully saturated rings. The first-order valence-electron chi connectivity index (χ1n) is 5.78. The van der Waals surface area contributed by atoms with Crippen molar-refractivity contribution in [1.29, 1.82) is 0 Å². The molecule has 0 N–H and O–H groups in total. The smallest absolute Gasteiger partial charge is 0.300 e. The molecule has 0 saturated carbocycles. The summed E-state index contributed by atoms with van der Waals surface area (Å²) in [4.78, 5) is 12.3. The monoisotopic (exact) mass is 256 g/mol. The maximum absolute atomic E-state index is 12.3. The quantitative estimate of drug-likeness (QED) is 0.691. The van der Waals surface area contributed by atoms with Crippen molar-refractivity contribution in [3.8, 4) is 11.4 Å². The summed E-state index contributed by atoms with van der Waals surface area (Å²) in [5, 5.41) is 7.79. The Labute approximate surface area is 108 Å². The lowest BCUT2D eigenvalue weighted by molar-refractivity contribution is 0.414. The molecule has 1 aromatic carbocycles. The summed E-state index contributed by atoms with van der Waals surface area (Å²) in [7, 11) is 1.59. The van der Waals surface area contributed by atoms with Crippen LogP contribution in [0.15, 0.2) is 41.5 Å². The van der Waals surface area contributed by atoms with Crippen molar-refractivity contribution in [1.82, 2.24) is 19.2 Å². The minimum Gasteiger partial charge on any atom is -0.497 e. The number of fused-ring (bicyclic) bond motifs is 1. The van der Waals surface area contributed by atoms with E-state index in [9.17, 15) is 4.79 Å². The van der Waals surface area contributed by atoms with Gasteiger partial charge in [-0.15, -0.1) is 10.2 Å². The lowest BCUT2D eigenvalue weighted by Crippen LogP contribution is -2.20. The van der Waals surface area contributed by atoms with Crippen LogP contribution in [0, 0.1) is 6.92 Å². The molecule has 0 aliphatic carbocycles. The van der Waals surface area contributed by atoms with E-state index in [-0.39, 0.29) is 5.56 Å². The van der Waals surface area contributed by atoms with E-state index in [2.05, 4.69) is 10.2 Å². The lowest BCUT2D eigenvalue weighted by Gasteiger charge is -2.07. The molecule has 0 aliphatic heterocycles. The van der Waals surface area contributed by atoms with E-state index in [1.807, 2.05) is 18.2 Å². The van der Waals surface area contributed by atoms with E-state index in [0.717, 1.165) is 5.69 Å². The van der Waals surface area contributed by atoms with Gasteiger partial charge in [0.2, 0.25) is 5.65 Å². The van der Waals surface area contributed by atoms with Gasteiger partial charge in [-0.1, -0.05) is 6.07 Å². The molecule has 6 nitrogen and oxygen atoms in total. The minimum absolute atomic E-state index is 0.212. The summed E-state index contributed by atoms with van der Waals surface area (Å²) < 4.78 is 8.34. The van der Waals surface area contributed by atoms with Crippen LogP contribution in [0.25, 0.3) is 11.3 Å². The highest BCUT2D eigenvalue weighted by molar-refractivity contribution is 5.43. The first kappa shape index (κ1) is 11.5. The van der Waals surface area contributed by atoms with Crippen molar-refractivity contribution in [3.63, 3.8) is 0 Å². The average molecular weight is 256 g/mol. The van der Waals surface area contributed by atoms with Crippen LogP contribution in [0.5, 0.6) is 5.75 Å². The van der Waals surface area contributed by atoms with Crippen molar-refractivity contribution in [3.05, 3.63) is 52.8 Å². The third kappa shape index (κ3) is 1.77. The second-order valence-electron chi connectivity index (χ2n) is 4.12. The molecular formula is C13H12N4O2. The van der Waals surface area contributed by atoms with E-state index >= 15 is 0 Å². The van der Waals surface area contributed by atoms with E-state index in [1.54, 1.807) is 36.9 Å². The zero-order valence-electron chi connectivity index (χ0n) is 10.6. The molecule has 0 aliphatic rings. The maximum atomic E-state index is 12.3. The molecule has 0 saturated heterocycles. The van der Waals surface area contributed by atoms with Gasteiger partial charge >= 0.3 is 5.56 Å². The second kappa shape index (κ2) is 4.24. The zero-order chi connectivity index (χ0) is 13.4. The number of rotatable bonds is 2. The van der Waals surface area contributed by atoms with E-state index in [0.29, 0.717) is 17.2 Å². The summed E-state index contributed by atoms with van der Waals surface area (Å²) in [6.07, 6.45) is 3.46. The summed E-state index contributed by atoms with van der Waals surface area (Å²) in [6, 6.07) is 7.29. The molecule has 3 aromatic rings. The van der Waals surface area contributed by atoms with Crippen LogP contribution in [0.3, 0.4) is 0 Å². The molecular weight excluding hydrogens is 244 g/mol. The van der Waals surface area contributed by atoms with E-state index in [4.69, 9.17) is 4.74 Å². The zero-order valence-corrected chi connectivity index (χ0v) is 10.6. The van der Waals surface area contributed by atoms with Gasteiger partial charge in [0.1, 0.15) is 11.6 Å². The molecule has 0 radical (unpaired) electrons. The Morgan fingerprint density at radius 1 is 1.21 bits per heavy atom. The highest BCUT2D eigenvalue weighted by Crippen LogP contribution is 2.15.